The molecule has 1 heterocycles. The zero-order chi connectivity index (χ0) is 22.4. The molecule has 1 aliphatic carbocycles. The number of imide groups is 1. The lowest BCUT2D eigenvalue weighted by molar-refractivity contribution is -0.140. The van der Waals surface area contributed by atoms with Gasteiger partial charge >= 0.3 is 0 Å². The normalized spacial score (nSPS) is 18.1. The number of nitrogens with zero attached hydrogens (tertiary/aromatic N) is 2. The Morgan fingerprint density at radius 2 is 1.55 bits per heavy atom. The maximum absolute atomic E-state index is 13.8. The Labute approximate surface area is 186 Å². The summed E-state index contributed by atoms with van der Waals surface area (Å²) in [6, 6.07) is 6.04. The molecule has 0 bridgehead atoms. The van der Waals surface area contributed by atoms with Gasteiger partial charge in [0.2, 0.25) is 0 Å². The molecule has 1 fully saturated rings. The molecule has 0 saturated heterocycles. The number of ether oxygens (including phenoxy) is 2. The first-order chi connectivity index (χ1) is 15.0. The van der Waals surface area contributed by atoms with E-state index in [1.54, 1.807) is 19.1 Å². The lowest BCUT2D eigenvalue weighted by Gasteiger charge is -2.28. The van der Waals surface area contributed by atoms with Crippen molar-refractivity contribution in [1.29, 1.82) is 0 Å². The average Bonchev–Trinajstić information content (AvgIpc) is 2.91. The SMILES string of the molecule is COCCN(CCOC)C1=C(c2ccc(C)cc2C)C(=O)N(C2CCCCCC2)C1=O. The Hall–Kier alpha value is -2.18. The van der Waals surface area contributed by atoms with Crippen LogP contribution in [0, 0.1) is 13.8 Å². The number of aryl methyl sites for hydroxylation is 2. The Morgan fingerprint density at radius 3 is 2.10 bits per heavy atom. The highest BCUT2D eigenvalue weighted by atomic mass is 16.5. The van der Waals surface area contributed by atoms with Crippen molar-refractivity contribution in [2.45, 2.75) is 58.4 Å². The number of benzene rings is 1. The van der Waals surface area contributed by atoms with E-state index in [0.717, 1.165) is 42.4 Å². The predicted molar refractivity (Wildman–Crippen MR) is 122 cm³/mol. The predicted octanol–water partition coefficient (Wildman–Crippen LogP) is 3.70. The van der Waals surface area contributed by atoms with E-state index < -0.39 is 0 Å². The number of methoxy groups -OCH3 is 2. The topological polar surface area (TPSA) is 59.1 Å². The first kappa shape index (κ1) is 23.5. The van der Waals surface area contributed by atoms with Crippen molar-refractivity contribution in [2.24, 2.45) is 0 Å². The summed E-state index contributed by atoms with van der Waals surface area (Å²) in [5.41, 5.74) is 4.01. The van der Waals surface area contributed by atoms with Gasteiger partial charge in [-0.25, -0.2) is 0 Å². The standard InChI is InChI=1S/C25H36N2O4/c1-18-11-12-21(19(2)17-18)22-23(26(13-15-30-3)14-16-31-4)25(29)27(24(22)28)20-9-7-5-6-8-10-20/h11-12,17,20H,5-10,13-16H2,1-4H3. The molecule has 2 aliphatic rings. The Bertz CT molecular complexity index is 817. The molecule has 0 radical (unpaired) electrons. The second kappa shape index (κ2) is 10.9. The van der Waals surface area contributed by atoms with E-state index in [4.69, 9.17) is 9.47 Å². The quantitative estimate of drug-likeness (QED) is 0.443. The highest BCUT2D eigenvalue weighted by Crippen LogP contribution is 2.37. The van der Waals surface area contributed by atoms with Crippen LogP contribution in [0.15, 0.2) is 23.9 Å². The summed E-state index contributed by atoms with van der Waals surface area (Å²) >= 11 is 0. The van der Waals surface area contributed by atoms with E-state index in [-0.39, 0.29) is 17.9 Å². The lowest BCUT2D eigenvalue weighted by Crippen LogP contribution is -2.43. The molecular formula is C25H36N2O4. The summed E-state index contributed by atoms with van der Waals surface area (Å²) in [4.78, 5) is 31.1. The van der Waals surface area contributed by atoms with Crippen LogP contribution in [-0.4, -0.2) is 68.2 Å². The van der Waals surface area contributed by atoms with Gasteiger partial charge in [0, 0.05) is 33.4 Å². The summed E-state index contributed by atoms with van der Waals surface area (Å²) in [5.74, 6) is -0.322. The number of rotatable bonds is 9. The molecule has 6 heteroatoms. The third kappa shape index (κ3) is 5.18. The molecule has 0 N–H and O–H groups in total. The van der Waals surface area contributed by atoms with Crippen LogP contribution < -0.4 is 0 Å². The number of carbonyl (C=O) groups excluding carboxylic acids is 2. The second-order valence-electron chi connectivity index (χ2n) is 8.64. The number of carbonyl (C=O) groups is 2. The molecule has 0 aromatic heterocycles. The maximum Gasteiger partial charge on any atom is 0.278 e. The number of amides is 2. The summed E-state index contributed by atoms with van der Waals surface area (Å²) in [5, 5.41) is 0. The number of hydrogen-bond donors (Lipinski definition) is 0. The fourth-order valence-electron chi connectivity index (χ4n) is 4.75. The highest BCUT2D eigenvalue weighted by Gasteiger charge is 2.44. The van der Waals surface area contributed by atoms with Gasteiger partial charge in [-0.1, -0.05) is 49.4 Å². The molecule has 6 nitrogen and oxygen atoms in total. The minimum absolute atomic E-state index is 0.0209. The van der Waals surface area contributed by atoms with Crippen LogP contribution >= 0.6 is 0 Å². The van der Waals surface area contributed by atoms with Crippen LogP contribution in [0.5, 0.6) is 0 Å². The first-order valence-electron chi connectivity index (χ1n) is 11.4. The van der Waals surface area contributed by atoms with Gasteiger partial charge in [-0.2, -0.15) is 0 Å². The third-order valence-electron chi connectivity index (χ3n) is 6.38. The van der Waals surface area contributed by atoms with Crippen molar-refractivity contribution in [2.75, 3.05) is 40.5 Å². The summed E-state index contributed by atoms with van der Waals surface area (Å²) in [7, 11) is 3.29. The van der Waals surface area contributed by atoms with Gasteiger partial charge < -0.3 is 14.4 Å². The highest BCUT2D eigenvalue weighted by molar-refractivity contribution is 6.36. The molecule has 170 valence electrons. The summed E-state index contributed by atoms with van der Waals surface area (Å²) < 4.78 is 10.6. The maximum atomic E-state index is 13.8. The number of hydrogen-bond acceptors (Lipinski definition) is 5. The van der Waals surface area contributed by atoms with Crippen LogP contribution in [0.4, 0.5) is 0 Å². The van der Waals surface area contributed by atoms with Gasteiger partial charge in [0.05, 0.1) is 18.8 Å². The van der Waals surface area contributed by atoms with E-state index in [1.165, 1.54) is 12.8 Å². The van der Waals surface area contributed by atoms with Gasteiger partial charge in [-0.3, -0.25) is 14.5 Å². The van der Waals surface area contributed by atoms with Crippen molar-refractivity contribution >= 4 is 17.4 Å². The van der Waals surface area contributed by atoms with Gasteiger partial charge in [0.1, 0.15) is 5.70 Å². The smallest absolute Gasteiger partial charge is 0.278 e. The van der Waals surface area contributed by atoms with Crippen LogP contribution in [0.1, 0.15) is 55.2 Å². The Kier molecular flexibility index (Phi) is 8.27. The van der Waals surface area contributed by atoms with Crippen LogP contribution in [0.2, 0.25) is 0 Å². The minimum atomic E-state index is -0.168. The molecule has 0 atom stereocenters. The fraction of sp³-hybridized carbons (Fsp3) is 0.600. The van der Waals surface area contributed by atoms with Crippen molar-refractivity contribution in [3.8, 4) is 0 Å². The first-order valence-corrected chi connectivity index (χ1v) is 11.4. The van der Waals surface area contributed by atoms with Crippen molar-refractivity contribution in [3.05, 3.63) is 40.6 Å². The van der Waals surface area contributed by atoms with E-state index >= 15 is 0 Å². The van der Waals surface area contributed by atoms with Crippen LogP contribution in [0.3, 0.4) is 0 Å². The molecule has 1 aliphatic heterocycles. The Morgan fingerprint density at radius 1 is 0.935 bits per heavy atom. The molecule has 3 rings (SSSR count). The van der Waals surface area contributed by atoms with Crippen LogP contribution in [0.25, 0.3) is 5.57 Å². The fourth-order valence-corrected chi connectivity index (χ4v) is 4.75. The van der Waals surface area contributed by atoms with E-state index in [1.807, 2.05) is 30.9 Å². The molecule has 2 amide bonds. The minimum Gasteiger partial charge on any atom is -0.383 e. The molecule has 0 unspecified atom stereocenters. The van der Waals surface area contributed by atoms with E-state index in [0.29, 0.717) is 37.6 Å². The van der Waals surface area contributed by atoms with E-state index in [9.17, 15) is 9.59 Å². The van der Waals surface area contributed by atoms with E-state index in [2.05, 4.69) is 6.07 Å². The zero-order valence-electron chi connectivity index (χ0n) is 19.4. The van der Waals surface area contributed by atoms with Gasteiger partial charge in [0.25, 0.3) is 11.8 Å². The zero-order valence-corrected chi connectivity index (χ0v) is 19.4. The van der Waals surface area contributed by atoms with Crippen molar-refractivity contribution in [3.63, 3.8) is 0 Å². The average molecular weight is 429 g/mol. The molecule has 1 aromatic rings. The third-order valence-corrected chi connectivity index (χ3v) is 6.38. The van der Waals surface area contributed by atoms with Gasteiger partial charge in [-0.05, 0) is 37.8 Å². The lowest BCUT2D eigenvalue weighted by atomic mass is 9.97. The molecule has 31 heavy (non-hydrogen) atoms. The van der Waals surface area contributed by atoms with Crippen molar-refractivity contribution in [1.82, 2.24) is 9.80 Å². The van der Waals surface area contributed by atoms with Crippen LogP contribution in [-0.2, 0) is 19.1 Å². The molecule has 0 spiro atoms. The Balaban J connectivity index is 2.08. The second-order valence-corrected chi connectivity index (χ2v) is 8.64. The molecular weight excluding hydrogens is 392 g/mol. The van der Waals surface area contributed by atoms with Gasteiger partial charge in [-0.15, -0.1) is 0 Å². The summed E-state index contributed by atoms with van der Waals surface area (Å²) in [6.07, 6.45) is 6.25. The largest absolute Gasteiger partial charge is 0.383 e. The molecule has 1 aromatic carbocycles. The van der Waals surface area contributed by atoms with Gasteiger partial charge in [0.15, 0.2) is 0 Å². The monoisotopic (exact) mass is 428 g/mol. The molecule has 1 saturated carbocycles. The van der Waals surface area contributed by atoms with Crippen molar-refractivity contribution < 1.29 is 19.1 Å². The summed E-state index contributed by atoms with van der Waals surface area (Å²) in [6.45, 7) is 6.04.